The van der Waals surface area contributed by atoms with Gasteiger partial charge >= 0.3 is 0 Å². The third kappa shape index (κ3) is 4.25. The molecule has 2 aliphatic heterocycles. The van der Waals surface area contributed by atoms with Crippen molar-refractivity contribution in [3.05, 3.63) is 35.6 Å². The van der Waals surface area contributed by atoms with E-state index in [0.717, 1.165) is 57.6 Å². The van der Waals surface area contributed by atoms with Crippen LogP contribution in [-0.4, -0.2) is 43.4 Å². The molecule has 2 heterocycles. The van der Waals surface area contributed by atoms with Crippen LogP contribution in [0.4, 0.5) is 4.39 Å². The van der Waals surface area contributed by atoms with Gasteiger partial charge in [-0.3, -0.25) is 4.90 Å². The normalized spacial score (nSPS) is 24.5. The maximum Gasteiger partial charge on any atom is 0.127 e. The number of benzene rings is 1. The molecular weight excluding hydrogens is 269 g/mol. The summed E-state index contributed by atoms with van der Waals surface area (Å²) in [7, 11) is 0. The highest BCUT2D eigenvalue weighted by Crippen LogP contribution is 2.19. The van der Waals surface area contributed by atoms with Gasteiger partial charge in [0, 0.05) is 31.8 Å². The molecule has 0 aromatic heterocycles. The van der Waals surface area contributed by atoms with Crippen LogP contribution in [-0.2, 0) is 16.0 Å². The van der Waals surface area contributed by atoms with Gasteiger partial charge in [-0.15, -0.1) is 0 Å². The van der Waals surface area contributed by atoms with Gasteiger partial charge < -0.3 is 9.47 Å². The molecule has 0 saturated carbocycles. The zero-order chi connectivity index (χ0) is 14.5. The largest absolute Gasteiger partial charge is 0.376 e. The number of rotatable bonds is 5. The third-order valence-corrected chi connectivity index (χ3v) is 4.43. The monoisotopic (exact) mass is 293 g/mol. The molecule has 0 aliphatic carbocycles. The molecule has 21 heavy (non-hydrogen) atoms. The molecule has 0 N–H and O–H groups in total. The van der Waals surface area contributed by atoms with Crippen LogP contribution in [0.15, 0.2) is 24.3 Å². The highest BCUT2D eigenvalue weighted by Gasteiger charge is 2.23. The minimum atomic E-state index is -0.103. The molecule has 1 atom stereocenters. The van der Waals surface area contributed by atoms with E-state index in [9.17, 15) is 4.39 Å². The maximum absolute atomic E-state index is 13.6. The summed E-state index contributed by atoms with van der Waals surface area (Å²) in [5, 5.41) is 0. The summed E-state index contributed by atoms with van der Waals surface area (Å²) in [6.45, 7) is 4.27. The average Bonchev–Trinajstić information content (AvgIpc) is 3.02. The van der Waals surface area contributed by atoms with Crippen molar-refractivity contribution in [2.24, 2.45) is 0 Å². The summed E-state index contributed by atoms with van der Waals surface area (Å²) in [6, 6.07) is 7.04. The standard InChI is InChI=1S/C17H24FNO2/c18-17-6-2-1-4-14(17)12-19-9-7-15(8-10-19)21-13-16-5-3-11-20-16/h1-2,4,6,15-16H,3,5,7-13H2/t16-/m0/s1. The Bertz CT molecular complexity index is 440. The zero-order valence-electron chi connectivity index (χ0n) is 12.5. The number of ether oxygens (including phenoxy) is 2. The van der Waals surface area contributed by atoms with Crippen LogP contribution in [0.3, 0.4) is 0 Å². The van der Waals surface area contributed by atoms with Crippen molar-refractivity contribution in [2.45, 2.75) is 44.4 Å². The van der Waals surface area contributed by atoms with Gasteiger partial charge in [0.05, 0.1) is 18.8 Å². The molecule has 4 heteroatoms. The molecule has 0 unspecified atom stereocenters. The summed E-state index contributed by atoms with van der Waals surface area (Å²) in [6.07, 6.45) is 5.00. The van der Waals surface area contributed by atoms with E-state index in [4.69, 9.17) is 9.47 Å². The molecule has 3 rings (SSSR count). The molecule has 116 valence electrons. The Morgan fingerprint density at radius 3 is 2.71 bits per heavy atom. The van der Waals surface area contributed by atoms with Crippen LogP contribution in [0.1, 0.15) is 31.2 Å². The quantitative estimate of drug-likeness (QED) is 0.833. The summed E-state index contributed by atoms with van der Waals surface area (Å²) in [4.78, 5) is 2.31. The summed E-state index contributed by atoms with van der Waals surface area (Å²) < 4.78 is 25.2. The van der Waals surface area contributed by atoms with E-state index >= 15 is 0 Å². The van der Waals surface area contributed by atoms with Crippen LogP contribution in [0.25, 0.3) is 0 Å². The molecule has 1 aromatic rings. The molecule has 0 bridgehead atoms. The summed E-state index contributed by atoms with van der Waals surface area (Å²) in [5.74, 6) is -0.103. The number of nitrogens with zero attached hydrogens (tertiary/aromatic N) is 1. The molecule has 2 fully saturated rings. The second kappa shape index (κ2) is 7.34. The Balaban J connectivity index is 1.39. The van der Waals surface area contributed by atoms with E-state index < -0.39 is 0 Å². The minimum Gasteiger partial charge on any atom is -0.376 e. The predicted octanol–water partition coefficient (Wildman–Crippen LogP) is 2.99. The van der Waals surface area contributed by atoms with Crippen molar-refractivity contribution in [1.82, 2.24) is 4.90 Å². The van der Waals surface area contributed by atoms with Gasteiger partial charge in [-0.1, -0.05) is 18.2 Å². The first-order valence-electron chi connectivity index (χ1n) is 8.00. The fourth-order valence-electron chi connectivity index (χ4n) is 3.12. The van der Waals surface area contributed by atoms with Crippen LogP contribution in [0.5, 0.6) is 0 Å². The Labute approximate surface area is 126 Å². The molecule has 2 aliphatic rings. The van der Waals surface area contributed by atoms with Crippen molar-refractivity contribution >= 4 is 0 Å². The molecule has 3 nitrogen and oxygen atoms in total. The van der Waals surface area contributed by atoms with E-state index in [0.29, 0.717) is 18.8 Å². The lowest BCUT2D eigenvalue weighted by Crippen LogP contribution is -2.37. The van der Waals surface area contributed by atoms with E-state index in [1.807, 2.05) is 12.1 Å². The molecule has 2 saturated heterocycles. The van der Waals surface area contributed by atoms with Crippen molar-refractivity contribution in [3.8, 4) is 0 Å². The number of hydrogen-bond acceptors (Lipinski definition) is 3. The number of hydrogen-bond donors (Lipinski definition) is 0. The first kappa shape index (κ1) is 14.9. The first-order chi connectivity index (χ1) is 10.3. The Morgan fingerprint density at radius 2 is 2.00 bits per heavy atom. The van der Waals surface area contributed by atoms with Crippen molar-refractivity contribution in [3.63, 3.8) is 0 Å². The van der Waals surface area contributed by atoms with Crippen LogP contribution < -0.4 is 0 Å². The number of likely N-dealkylation sites (tertiary alicyclic amines) is 1. The fraction of sp³-hybridized carbons (Fsp3) is 0.647. The van der Waals surface area contributed by atoms with Gasteiger partial charge in [-0.2, -0.15) is 0 Å². The van der Waals surface area contributed by atoms with Gasteiger partial charge in [0.1, 0.15) is 5.82 Å². The average molecular weight is 293 g/mol. The van der Waals surface area contributed by atoms with Crippen LogP contribution in [0.2, 0.25) is 0 Å². The highest BCUT2D eigenvalue weighted by molar-refractivity contribution is 5.17. The summed E-state index contributed by atoms with van der Waals surface area (Å²) >= 11 is 0. The van der Waals surface area contributed by atoms with Gasteiger partial charge in [0.2, 0.25) is 0 Å². The zero-order valence-corrected chi connectivity index (χ0v) is 12.5. The minimum absolute atomic E-state index is 0.103. The van der Waals surface area contributed by atoms with E-state index in [1.54, 1.807) is 6.07 Å². The van der Waals surface area contributed by atoms with E-state index in [-0.39, 0.29) is 5.82 Å². The van der Waals surface area contributed by atoms with Crippen molar-refractivity contribution in [2.75, 3.05) is 26.3 Å². The van der Waals surface area contributed by atoms with Gasteiger partial charge in [-0.05, 0) is 31.7 Å². The van der Waals surface area contributed by atoms with Gasteiger partial charge in [-0.25, -0.2) is 4.39 Å². The Kier molecular flexibility index (Phi) is 5.22. The van der Waals surface area contributed by atoms with Gasteiger partial charge in [0.15, 0.2) is 0 Å². The lowest BCUT2D eigenvalue weighted by atomic mass is 10.1. The molecule has 0 spiro atoms. The lowest BCUT2D eigenvalue weighted by molar-refractivity contribution is -0.0427. The van der Waals surface area contributed by atoms with Crippen LogP contribution >= 0.6 is 0 Å². The van der Waals surface area contributed by atoms with E-state index in [1.165, 1.54) is 6.07 Å². The smallest absolute Gasteiger partial charge is 0.127 e. The molecular formula is C17H24FNO2. The first-order valence-corrected chi connectivity index (χ1v) is 8.00. The second-order valence-electron chi connectivity index (χ2n) is 6.04. The highest BCUT2D eigenvalue weighted by atomic mass is 19.1. The second-order valence-corrected chi connectivity index (χ2v) is 6.04. The van der Waals surface area contributed by atoms with Crippen LogP contribution in [0, 0.1) is 5.82 Å². The van der Waals surface area contributed by atoms with Gasteiger partial charge in [0.25, 0.3) is 0 Å². The summed E-state index contributed by atoms with van der Waals surface area (Å²) in [5.41, 5.74) is 0.788. The number of piperidine rings is 1. The molecule has 1 aromatic carbocycles. The topological polar surface area (TPSA) is 21.7 Å². The Morgan fingerprint density at radius 1 is 1.19 bits per heavy atom. The molecule has 0 amide bonds. The van der Waals surface area contributed by atoms with Crippen molar-refractivity contribution in [1.29, 1.82) is 0 Å². The SMILES string of the molecule is Fc1ccccc1CN1CCC(OC[C@@H]2CCCO2)CC1. The fourth-order valence-corrected chi connectivity index (χ4v) is 3.12. The Hall–Kier alpha value is -0.970. The van der Waals surface area contributed by atoms with E-state index in [2.05, 4.69) is 4.90 Å². The lowest BCUT2D eigenvalue weighted by Gasteiger charge is -2.32. The molecule has 0 radical (unpaired) electrons. The predicted molar refractivity (Wildman–Crippen MR) is 79.6 cm³/mol. The number of halogens is 1. The third-order valence-electron chi connectivity index (χ3n) is 4.43. The van der Waals surface area contributed by atoms with Crippen molar-refractivity contribution < 1.29 is 13.9 Å². The maximum atomic E-state index is 13.6.